The Morgan fingerprint density at radius 2 is 1.74 bits per heavy atom. The van der Waals surface area contributed by atoms with Crippen molar-refractivity contribution in [3.63, 3.8) is 0 Å². The van der Waals surface area contributed by atoms with E-state index in [1.54, 1.807) is 6.07 Å². The first kappa shape index (κ1) is 13.8. The summed E-state index contributed by atoms with van der Waals surface area (Å²) in [6, 6.07) is 12.1. The molecule has 0 saturated heterocycles. The molecule has 100 valence electrons. The average Bonchev–Trinajstić information content (AvgIpc) is 2.42. The number of hydrogen-bond acceptors (Lipinski definition) is 2. The van der Waals surface area contributed by atoms with Gasteiger partial charge in [-0.15, -0.1) is 0 Å². The minimum Gasteiger partial charge on any atom is -0.489 e. The fraction of sp³-hybridized carbons (Fsp3) is 0.200. The Labute approximate surface area is 116 Å². The first-order valence-corrected chi connectivity index (χ1v) is 6.33. The Bertz CT molecular complexity index is 540. The van der Waals surface area contributed by atoms with Gasteiger partial charge in [-0.3, -0.25) is 0 Å². The van der Waals surface area contributed by atoms with Crippen LogP contribution >= 0.6 is 11.6 Å². The van der Waals surface area contributed by atoms with E-state index in [-0.39, 0.29) is 18.2 Å². The van der Waals surface area contributed by atoms with E-state index < -0.39 is 5.82 Å². The van der Waals surface area contributed by atoms with Crippen molar-refractivity contribution in [2.75, 3.05) is 6.61 Å². The summed E-state index contributed by atoms with van der Waals surface area (Å²) in [6.45, 7) is 0.414. The van der Waals surface area contributed by atoms with Crippen LogP contribution in [0.1, 0.15) is 11.1 Å². The van der Waals surface area contributed by atoms with Crippen molar-refractivity contribution in [1.29, 1.82) is 0 Å². The molecule has 19 heavy (non-hydrogen) atoms. The Morgan fingerprint density at radius 1 is 1.05 bits per heavy atom. The molecule has 0 saturated carbocycles. The number of ether oxygens (including phenoxy) is 1. The van der Waals surface area contributed by atoms with Crippen LogP contribution in [0.4, 0.5) is 4.39 Å². The van der Waals surface area contributed by atoms with Crippen LogP contribution in [0.2, 0.25) is 5.02 Å². The molecule has 1 N–H and O–H groups in total. The molecule has 0 amide bonds. The molecule has 0 atom stereocenters. The number of aliphatic hydroxyl groups excluding tert-OH is 1. The lowest BCUT2D eigenvalue weighted by Gasteiger charge is -2.07. The van der Waals surface area contributed by atoms with Crippen LogP contribution in [0.15, 0.2) is 42.5 Å². The van der Waals surface area contributed by atoms with Gasteiger partial charge in [0.15, 0.2) is 0 Å². The number of benzene rings is 2. The Kier molecular flexibility index (Phi) is 4.77. The molecule has 0 aromatic heterocycles. The quantitative estimate of drug-likeness (QED) is 0.907. The highest BCUT2D eigenvalue weighted by molar-refractivity contribution is 6.30. The fourth-order valence-corrected chi connectivity index (χ4v) is 1.80. The maximum atomic E-state index is 13.2. The van der Waals surface area contributed by atoms with Crippen LogP contribution in [-0.2, 0) is 13.0 Å². The van der Waals surface area contributed by atoms with E-state index in [0.717, 1.165) is 11.1 Å². The molecule has 0 radical (unpaired) electrons. The maximum absolute atomic E-state index is 13.2. The van der Waals surface area contributed by atoms with Crippen molar-refractivity contribution in [2.24, 2.45) is 0 Å². The summed E-state index contributed by atoms with van der Waals surface area (Å²) in [5.41, 5.74) is 1.77. The highest BCUT2D eigenvalue weighted by Gasteiger charge is 2.02. The van der Waals surface area contributed by atoms with Crippen molar-refractivity contribution >= 4 is 11.6 Å². The van der Waals surface area contributed by atoms with Gasteiger partial charge in [0.1, 0.15) is 18.2 Å². The predicted octanol–water partition coefficient (Wildman–Crippen LogP) is 3.59. The molecule has 0 aliphatic heterocycles. The lowest BCUT2D eigenvalue weighted by atomic mass is 10.1. The zero-order chi connectivity index (χ0) is 13.7. The molecule has 4 heteroatoms. The predicted molar refractivity (Wildman–Crippen MR) is 73.0 cm³/mol. The Hall–Kier alpha value is -1.58. The number of halogens is 2. The summed E-state index contributed by atoms with van der Waals surface area (Å²) < 4.78 is 18.8. The lowest BCUT2D eigenvalue weighted by molar-refractivity contribution is 0.298. The molecular formula is C15H14ClFO2. The van der Waals surface area contributed by atoms with Gasteiger partial charge in [0.05, 0.1) is 5.02 Å². The van der Waals surface area contributed by atoms with E-state index >= 15 is 0 Å². The van der Waals surface area contributed by atoms with Gasteiger partial charge in [0, 0.05) is 6.61 Å². The van der Waals surface area contributed by atoms with Crippen LogP contribution in [0, 0.1) is 5.82 Å². The van der Waals surface area contributed by atoms with Crippen LogP contribution in [0.25, 0.3) is 0 Å². The number of hydrogen-bond donors (Lipinski definition) is 1. The van der Waals surface area contributed by atoms with Crippen molar-refractivity contribution in [3.8, 4) is 5.75 Å². The smallest absolute Gasteiger partial charge is 0.142 e. The van der Waals surface area contributed by atoms with E-state index in [4.69, 9.17) is 21.4 Å². The molecule has 0 aliphatic rings. The lowest BCUT2D eigenvalue weighted by Crippen LogP contribution is -1.97. The second-order valence-electron chi connectivity index (χ2n) is 4.15. The monoisotopic (exact) mass is 280 g/mol. The molecule has 0 heterocycles. The summed E-state index contributed by atoms with van der Waals surface area (Å²) >= 11 is 5.61. The molecule has 0 aliphatic carbocycles. The van der Waals surface area contributed by atoms with Gasteiger partial charge < -0.3 is 9.84 Å². The van der Waals surface area contributed by atoms with Crippen molar-refractivity contribution in [3.05, 3.63) is 64.4 Å². The van der Waals surface area contributed by atoms with E-state index in [9.17, 15) is 4.39 Å². The summed E-state index contributed by atoms with van der Waals surface area (Å²) in [5.74, 6) is 0.262. The zero-order valence-electron chi connectivity index (χ0n) is 10.3. The summed E-state index contributed by atoms with van der Waals surface area (Å²) in [5, 5.41) is 8.92. The van der Waals surface area contributed by atoms with Crippen LogP contribution in [-0.4, -0.2) is 11.7 Å². The molecule has 2 nitrogen and oxygen atoms in total. The first-order chi connectivity index (χ1) is 9.19. The average molecular weight is 281 g/mol. The van der Waals surface area contributed by atoms with Crippen LogP contribution in [0.3, 0.4) is 0 Å². The van der Waals surface area contributed by atoms with Crippen LogP contribution < -0.4 is 4.74 Å². The molecule has 2 rings (SSSR count). The topological polar surface area (TPSA) is 29.5 Å². The molecule has 0 spiro atoms. The summed E-state index contributed by atoms with van der Waals surface area (Å²) in [6.07, 6.45) is 0.628. The summed E-state index contributed by atoms with van der Waals surface area (Å²) in [7, 11) is 0. The largest absolute Gasteiger partial charge is 0.489 e. The Morgan fingerprint density at radius 3 is 2.37 bits per heavy atom. The molecule has 0 bridgehead atoms. The van der Waals surface area contributed by atoms with Crippen molar-refractivity contribution in [2.45, 2.75) is 13.0 Å². The molecule has 2 aromatic carbocycles. The highest BCUT2D eigenvalue weighted by atomic mass is 35.5. The van der Waals surface area contributed by atoms with Gasteiger partial charge in [0.2, 0.25) is 0 Å². The minimum atomic E-state index is -0.443. The molecular weight excluding hydrogens is 267 g/mol. The van der Waals surface area contributed by atoms with Crippen molar-refractivity contribution in [1.82, 2.24) is 0 Å². The minimum absolute atomic E-state index is 0.108. The van der Waals surface area contributed by atoms with Gasteiger partial charge in [-0.25, -0.2) is 4.39 Å². The number of aliphatic hydroxyl groups is 1. The summed E-state index contributed by atoms with van der Waals surface area (Å²) in [4.78, 5) is 0. The normalized spacial score (nSPS) is 10.5. The van der Waals surface area contributed by atoms with E-state index in [2.05, 4.69) is 0 Å². The second-order valence-corrected chi connectivity index (χ2v) is 4.56. The molecule has 0 fully saturated rings. The first-order valence-electron chi connectivity index (χ1n) is 5.95. The Balaban J connectivity index is 1.96. The van der Waals surface area contributed by atoms with Gasteiger partial charge in [-0.1, -0.05) is 29.8 Å². The number of rotatable bonds is 5. The third-order valence-electron chi connectivity index (χ3n) is 2.71. The SMILES string of the molecule is OCCc1ccc(OCc2ccc(Cl)c(F)c2)cc1. The maximum Gasteiger partial charge on any atom is 0.142 e. The van der Waals surface area contributed by atoms with E-state index in [0.29, 0.717) is 12.2 Å². The second kappa shape index (κ2) is 6.55. The molecule has 0 unspecified atom stereocenters. The third-order valence-corrected chi connectivity index (χ3v) is 3.02. The zero-order valence-corrected chi connectivity index (χ0v) is 11.0. The van der Waals surface area contributed by atoms with Crippen molar-refractivity contribution < 1.29 is 14.2 Å². The van der Waals surface area contributed by atoms with Gasteiger partial charge in [-0.2, -0.15) is 0 Å². The van der Waals surface area contributed by atoms with Gasteiger partial charge in [-0.05, 0) is 41.8 Å². The van der Waals surface area contributed by atoms with E-state index in [1.807, 2.05) is 24.3 Å². The molecule has 2 aromatic rings. The van der Waals surface area contributed by atoms with E-state index in [1.165, 1.54) is 12.1 Å². The highest BCUT2D eigenvalue weighted by Crippen LogP contribution is 2.18. The standard InChI is InChI=1S/C15H14ClFO2/c16-14-6-3-12(9-15(14)17)10-19-13-4-1-11(2-5-13)7-8-18/h1-6,9,18H,7-8,10H2. The van der Waals surface area contributed by atoms with Crippen LogP contribution in [0.5, 0.6) is 5.75 Å². The fourth-order valence-electron chi connectivity index (χ4n) is 1.68. The third kappa shape index (κ3) is 3.94. The van der Waals surface area contributed by atoms with Gasteiger partial charge >= 0.3 is 0 Å². The van der Waals surface area contributed by atoms with Gasteiger partial charge in [0.25, 0.3) is 0 Å².